The fourth-order valence-electron chi connectivity index (χ4n) is 3.48. The number of benzene rings is 1. The molecule has 1 fully saturated rings. The van der Waals surface area contributed by atoms with Crippen LogP contribution in [-0.4, -0.2) is 33.8 Å². The maximum Gasteiger partial charge on any atom is 0.248 e. The van der Waals surface area contributed by atoms with E-state index >= 15 is 0 Å². The molecule has 3 aromatic rings. The number of nitrogens with zero attached hydrogens (tertiary/aromatic N) is 3. The smallest absolute Gasteiger partial charge is 0.248 e. The van der Waals surface area contributed by atoms with Crippen LogP contribution in [0.5, 0.6) is 0 Å². The van der Waals surface area contributed by atoms with Gasteiger partial charge >= 0.3 is 0 Å². The summed E-state index contributed by atoms with van der Waals surface area (Å²) in [5, 5.41) is 12.7. The van der Waals surface area contributed by atoms with Gasteiger partial charge in [-0.15, -0.1) is 10.2 Å². The maximum atomic E-state index is 14.2. The number of anilines is 1. The van der Waals surface area contributed by atoms with Gasteiger partial charge in [-0.2, -0.15) is 0 Å². The molecule has 0 atom stereocenters. The van der Waals surface area contributed by atoms with E-state index in [9.17, 15) is 13.6 Å². The monoisotopic (exact) mass is 435 g/mol. The summed E-state index contributed by atoms with van der Waals surface area (Å²) >= 11 is 7.43. The van der Waals surface area contributed by atoms with Gasteiger partial charge in [0.1, 0.15) is 12.0 Å². The van der Waals surface area contributed by atoms with Crippen molar-refractivity contribution in [1.29, 1.82) is 0 Å². The minimum atomic E-state index is -0.987. The first-order valence-corrected chi connectivity index (χ1v) is 9.99. The number of hydrogen-bond acceptors (Lipinski definition) is 6. The standard InChI is InChI=1S/C19H16ClF2N5OS/c20-13-4-3-10(16(23)28)6-12(13)17-26-27-18(29-17)25-9-19(7-11(21)8-19)15-14(22)2-1-5-24-15/h1-6,11H,7-9H2,(H2,23,28)(H,25,27). The van der Waals surface area contributed by atoms with Gasteiger partial charge in [-0.05, 0) is 43.2 Å². The van der Waals surface area contributed by atoms with Crippen molar-refractivity contribution < 1.29 is 13.6 Å². The third kappa shape index (κ3) is 3.79. The number of hydrogen-bond donors (Lipinski definition) is 2. The summed E-state index contributed by atoms with van der Waals surface area (Å²) in [6, 6.07) is 7.49. The average Bonchev–Trinajstić information content (AvgIpc) is 3.14. The second kappa shape index (κ2) is 7.64. The molecule has 29 heavy (non-hydrogen) atoms. The Kier molecular flexibility index (Phi) is 5.18. The topological polar surface area (TPSA) is 93.8 Å². The van der Waals surface area contributed by atoms with Gasteiger partial charge in [-0.1, -0.05) is 22.9 Å². The minimum absolute atomic E-state index is 0.187. The van der Waals surface area contributed by atoms with Crippen LogP contribution in [0.4, 0.5) is 13.9 Å². The lowest BCUT2D eigenvalue weighted by molar-refractivity contribution is 0.0964. The fraction of sp³-hybridized carbons (Fsp3) is 0.263. The Hall–Kier alpha value is -2.65. The number of nitrogens with one attached hydrogen (secondary N) is 1. The maximum absolute atomic E-state index is 14.2. The Morgan fingerprint density at radius 1 is 1.34 bits per heavy atom. The number of amides is 1. The largest absolute Gasteiger partial charge is 0.366 e. The zero-order chi connectivity index (χ0) is 20.6. The highest BCUT2D eigenvalue weighted by atomic mass is 35.5. The number of alkyl halides is 1. The molecule has 0 spiro atoms. The lowest BCUT2D eigenvalue weighted by Gasteiger charge is -2.43. The Morgan fingerprint density at radius 3 is 2.83 bits per heavy atom. The van der Waals surface area contributed by atoms with Gasteiger partial charge in [0.05, 0.1) is 10.7 Å². The SMILES string of the molecule is NC(=O)c1ccc(Cl)c(-c2nnc(NCC3(c4ncccc4F)CC(F)C3)s2)c1. The molecule has 150 valence electrons. The number of aromatic nitrogens is 3. The van der Waals surface area contributed by atoms with E-state index in [1.54, 1.807) is 12.1 Å². The quantitative estimate of drug-likeness (QED) is 0.611. The molecule has 1 saturated carbocycles. The van der Waals surface area contributed by atoms with E-state index in [1.807, 2.05) is 0 Å². The zero-order valence-corrected chi connectivity index (χ0v) is 16.6. The van der Waals surface area contributed by atoms with Crippen molar-refractivity contribution in [2.24, 2.45) is 5.73 Å². The van der Waals surface area contributed by atoms with Crippen molar-refractivity contribution >= 4 is 34.0 Å². The van der Waals surface area contributed by atoms with Crippen molar-refractivity contribution in [2.45, 2.75) is 24.4 Å². The average molecular weight is 436 g/mol. The molecule has 1 aliphatic carbocycles. The Labute approximate surface area is 174 Å². The molecule has 0 unspecified atom stereocenters. The van der Waals surface area contributed by atoms with Gasteiger partial charge < -0.3 is 11.1 Å². The first kappa shape index (κ1) is 19.7. The van der Waals surface area contributed by atoms with E-state index in [0.29, 0.717) is 26.3 Å². The third-order valence-electron chi connectivity index (χ3n) is 4.97. The molecule has 2 heterocycles. The molecule has 0 radical (unpaired) electrons. The number of nitrogens with two attached hydrogens (primary N) is 1. The van der Waals surface area contributed by atoms with Crippen molar-refractivity contribution in [3.05, 3.63) is 58.6 Å². The summed E-state index contributed by atoms with van der Waals surface area (Å²) in [5.74, 6) is -1.02. The number of halogens is 3. The van der Waals surface area contributed by atoms with E-state index in [0.717, 1.165) is 0 Å². The molecule has 0 aliphatic heterocycles. The van der Waals surface area contributed by atoms with Crippen LogP contribution in [0.3, 0.4) is 0 Å². The summed E-state index contributed by atoms with van der Waals surface area (Å²) in [6.07, 6.45) is 0.888. The molecule has 2 aromatic heterocycles. The van der Waals surface area contributed by atoms with Gasteiger partial charge in [-0.3, -0.25) is 9.78 Å². The molecule has 0 saturated heterocycles. The van der Waals surface area contributed by atoms with E-state index in [-0.39, 0.29) is 25.1 Å². The molecule has 3 N–H and O–H groups in total. The van der Waals surface area contributed by atoms with Crippen LogP contribution in [0, 0.1) is 5.82 Å². The van der Waals surface area contributed by atoms with Crippen LogP contribution < -0.4 is 11.1 Å². The third-order valence-corrected chi connectivity index (χ3v) is 6.21. The lowest BCUT2D eigenvalue weighted by atomic mass is 9.65. The first-order valence-electron chi connectivity index (χ1n) is 8.80. The van der Waals surface area contributed by atoms with Crippen LogP contribution in [0.1, 0.15) is 28.9 Å². The van der Waals surface area contributed by atoms with Crippen molar-refractivity contribution in [2.75, 3.05) is 11.9 Å². The molecule has 1 amide bonds. The van der Waals surface area contributed by atoms with Gasteiger partial charge in [0.2, 0.25) is 11.0 Å². The van der Waals surface area contributed by atoms with Crippen molar-refractivity contribution in [1.82, 2.24) is 15.2 Å². The van der Waals surface area contributed by atoms with Gasteiger partial charge in [0.15, 0.2) is 5.01 Å². The van der Waals surface area contributed by atoms with Crippen molar-refractivity contribution in [3.8, 4) is 10.6 Å². The number of primary amides is 1. The molecular weight excluding hydrogens is 420 g/mol. The molecule has 10 heteroatoms. The van der Waals surface area contributed by atoms with Gasteiger partial charge in [-0.25, -0.2) is 8.78 Å². The van der Waals surface area contributed by atoms with Gasteiger partial charge in [0.25, 0.3) is 0 Å². The molecular formula is C19H16ClF2N5OS. The number of carbonyl (C=O) groups excluding carboxylic acids is 1. The summed E-state index contributed by atoms with van der Waals surface area (Å²) < 4.78 is 27.9. The van der Waals surface area contributed by atoms with Crippen LogP contribution >= 0.6 is 22.9 Å². The molecule has 0 bridgehead atoms. The Morgan fingerprint density at radius 2 is 2.14 bits per heavy atom. The highest BCUT2D eigenvalue weighted by Gasteiger charge is 2.48. The Balaban J connectivity index is 1.55. The summed E-state index contributed by atoms with van der Waals surface area (Å²) in [5.41, 5.74) is 5.68. The highest BCUT2D eigenvalue weighted by Crippen LogP contribution is 2.46. The van der Waals surface area contributed by atoms with E-state index in [4.69, 9.17) is 17.3 Å². The van der Waals surface area contributed by atoms with Crippen LogP contribution in [0.2, 0.25) is 5.02 Å². The zero-order valence-electron chi connectivity index (χ0n) is 15.0. The predicted molar refractivity (Wildman–Crippen MR) is 107 cm³/mol. The first-order chi connectivity index (χ1) is 13.9. The normalized spacial score (nSPS) is 20.9. The van der Waals surface area contributed by atoms with Gasteiger partial charge in [0, 0.05) is 29.3 Å². The van der Waals surface area contributed by atoms with E-state index in [1.165, 1.54) is 35.7 Å². The van der Waals surface area contributed by atoms with Crippen LogP contribution in [0.15, 0.2) is 36.5 Å². The number of rotatable bonds is 6. The second-order valence-corrected chi connectivity index (χ2v) is 8.33. The van der Waals surface area contributed by atoms with Crippen LogP contribution in [0.25, 0.3) is 10.6 Å². The summed E-state index contributed by atoms with van der Waals surface area (Å²) in [4.78, 5) is 15.5. The predicted octanol–water partition coefficient (Wildman–Crippen LogP) is 3.97. The van der Waals surface area contributed by atoms with Crippen molar-refractivity contribution in [3.63, 3.8) is 0 Å². The molecule has 1 aliphatic rings. The fourth-order valence-corrected chi connectivity index (χ4v) is 4.51. The molecule has 6 nitrogen and oxygen atoms in total. The Bertz CT molecular complexity index is 1070. The van der Waals surface area contributed by atoms with Crippen LogP contribution in [-0.2, 0) is 5.41 Å². The molecule has 4 rings (SSSR count). The van der Waals surface area contributed by atoms with E-state index in [2.05, 4.69) is 20.5 Å². The summed E-state index contributed by atoms with van der Waals surface area (Å²) in [6.45, 7) is 0.269. The minimum Gasteiger partial charge on any atom is -0.366 e. The summed E-state index contributed by atoms with van der Waals surface area (Å²) in [7, 11) is 0. The lowest BCUT2D eigenvalue weighted by Crippen LogP contribution is -2.48. The number of pyridine rings is 1. The molecule has 1 aromatic carbocycles. The van der Waals surface area contributed by atoms with E-state index < -0.39 is 23.3 Å². The second-order valence-electron chi connectivity index (χ2n) is 6.94. The number of carbonyl (C=O) groups is 1. The highest BCUT2D eigenvalue weighted by molar-refractivity contribution is 7.18.